The summed E-state index contributed by atoms with van der Waals surface area (Å²) < 4.78 is 5.78. The van der Waals surface area contributed by atoms with Crippen molar-refractivity contribution in [3.63, 3.8) is 0 Å². The number of morpholine rings is 1. The molecular formula is C26H33N5O3. The second kappa shape index (κ2) is 8.76. The maximum absolute atomic E-state index is 12.8. The van der Waals surface area contributed by atoms with Gasteiger partial charge in [0.2, 0.25) is 0 Å². The lowest BCUT2D eigenvalue weighted by molar-refractivity contribution is -0.148. The predicted molar refractivity (Wildman–Crippen MR) is 130 cm³/mol. The van der Waals surface area contributed by atoms with Crippen molar-refractivity contribution < 1.29 is 14.6 Å². The summed E-state index contributed by atoms with van der Waals surface area (Å²) in [7, 11) is 0. The van der Waals surface area contributed by atoms with Gasteiger partial charge in [0.1, 0.15) is 11.1 Å². The zero-order chi connectivity index (χ0) is 24.0. The standard InChI is InChI=1S/C26H33N5O3/c1-15(2)19-11-28-24-23(19)30-21(12-29-24)17-9-16-5-7-31(25(32)26(3,4)33)13-20(16)18(10-17)22-14-34-8-6-27-22/h9-12,15,22,27,33H,5-8,13-14H2,1-4H3,(H,28,29)/t22-/m0/s1. The average molecular weight is 464 g/mol. The number of H-pyrrole nitrogens is 1. The third-order valence-corrected chi connectivity index (χ3v) is 6.81. The number of carbonyl (C=O) groups is 1. The van der Waals surface area contributed by atoms with E-state index in [1.807, 2.05) is 12.4 Å². The molecule has 1 aromatic carbocycles. The first-order valence-corrected chi connectivity index (χ1v) is 12.1. The van der Waals surface area contributed by atoms with E-state index >= 15 is 0 Å². The van der Waals surface area contributed by atoms with Crippen molar-refractivity contribution in [2.24, 2.45) is 0 Å². The van der Waals surface area contributed by atoms with Crippen LogP contribution in [0.4, 0.5) is 0 Å². The van der Waals surface area contributed by atoms with Crippen LogP contribution < -0.4 is 5.32 Å². The largest absolute Gasteiger partial charge is 0.381 e. The molecule has 0 radical (unpaired) electrons. The molecule has 0 bridgehead atoms. The van der Waals surface area contributed by atoms with Gasteiger partial charge in [-0.3, -0.25) is 4.79 Å². The summed E-state index contributed by atoms with van der Waals surface area (Å²) in [5, 5.41) is 13.9. The number of fused-ring (bicyclic) bond motifs is 2. The number of ether oxygens (including phenoxy) is 1. The quantitative estimate of drug-likeness (QED) is 0.550. The molecule has 0 saturated carbocycles. The third-order valence-electron chi connectivity index (χ3n) is 6.81. The van der Waals surface area contributed by atoms with Gasteiger partial charge >= 0.3 is 0 Å². The van der Waals surface area contributed by atoms with E-state index in [0.717, 1.165) is 52.1 Å². The van der Waals surface area contributed by atoms with Crippen LogP contribution in [-0.4, -0.2) is 62.8 Å². The van der Waals surface area contributed by atoms with Gasteiger partial charge in [-0.1, -0.05) is 13.8 Å². The number of aromatic amines is 1. The van der Waals surface area contributed by atoms with Crippen LogP contribution in [0.5, 0.6) is 0 Å². The number of nitrogens with zero attached hydrogens (tertiary/aromatic N) is 3. The first-order valence-electron chi connectivity index (χ1n) is 12.1. The van der Waals surface area contributed by atoms with Gasteiger partial charge in [0, 0.05) is 37.0 Å². The van der Waals surface area contributed by atoms with Gasteiger partial charge in [-0.15, -0.1) is 0 Å². The van der Waals surface area contributed by atoms with Crippen LogP contribution in [-0.2, 0) is 22.5 Å². The van der Waals surface area contributed by atoms with Crippen molar-refractivity contribution >= 4 is 17.1 Å². The van der Waals surface area contributed by atoms with E-state index < -0.39 is 5.60 Å². The topological polar surface area (TPSA) is 103 Å². The summed E-state index contributed by atoms with van der Waals surface area (Å²) in [6.45, 7) is 10.5. The molecule has 1 amide bonds. The zero-order valence-electron chi connectivity index (χ0n) is 20.3. The lowest BCUT2D eigenvalue weighted by atomic mass is 9.87. The number of amides is 1. The van der Waals surface area contributed by atoms with Crippen molar-refractivity contribution in [2.75, 3.05) is 26.3 Å². The number of carbonyl (C=O) groups excluding carboxylic acids is 1. The molecule has 1 atom stereocenters. The van der Waals surface area contributed by atoms with Gasteiger partial charge in [0.05, 0.1) is 31.1 Å². The maximum Gasteiger partial charge on any atom is 0.254 e. The zero-order valence-corrected chi connectivity index (χ0v) is 20.3. The Balaban J connectivity index is 1.59. The molecule has 2 aromatic heterocycles. The van der Waals surface area contributed by atoms with Gasteiger partial charge in [-0.05, 0) is 55.0 Å². The normalized spacial score (nSPS) is 19.0. The van der Waals surface area contributed by atoms with Crippen molar-refractivity contribution in [3.05, 3.63) is 46.8 Å². The Morgan fingerprint density at radius 1 is 1.32 bits per heavy atom. The lowest BCUT2D eigenvalue weighted by Crippen LogP contribution is -2.47. The minimum atomic E-state index is -1.39. The fraction of sp³-hybridized carbons (Fsp3) is 0.500. The second-order valence-corrected chi connectivity index (χ2v) is 10.2. The van der Waals surface area contributed by atoms with Crippen LogP contribution in [0.15, 0.2) is 24.5 Å². The van der Waals surface area contributed by atoms with E-state index in [9.17, 15) is 9.90 Å². The number of aliphatic hydroxyl groups is 1. The number of nitrogens with one attached hydrogen (secondary N) is 2. The number of hydrogen-bond acceptors (Lipinski definition) is 6. The Bertz CT molecular complexity index is 1220. The van der Waals surface area contributed by atoms with Gasteiger partial charge < -0.3 is 25.0 Å². The summed E-state index contributed by atoms with van der Waals surface area (Å²) >= 11 is 0. The lowest BCUT2D eigenvalue weighted by Gasteiger charge is -2.36. The highest BCUT2D eigenvalue weighted by Gasteiger charge is 2.33. The van der Waals surface area contributed by atoms with E-state index in [1.165, 1.54) is 5.56 Å². The van der Waals surface area contributed by atoms with Gasteiger partial charge in [-0.2, -0.15) is 0 Å². The summed E-state index contributed by atoms with van der Waals surface area (Å²) in [6.07, 6.45) is 4.55. The van der Waals surface area contributed by atoms with E-state index in [2.05, 4.69) is 41.3 Å². The molecule has 0 spiro atoms. The monoisotopic (exact) mass is 463 g/mol. The summed E-state index contributed by atoms with van der Waals surface area (Å²) in [6, 6.07) is 4.39. The fourth-order valence-electron chi connectivity index (χ4n) is 4.97. The Morgan fingerprint density at radius 2 is 2.15 bits per heavy atom. The van der Waals surface area contributed by atoms with Crippen molar-refractivity contribution in [2.45, 2.75) is 58.2 Å². The number of rotatable bonds is 4. The van der Waals surface area contributed by atoms with Crippen molar-refractivity contribution in [1.29, 1.82) is 0 Å². The van der Waals surface area contributed by atoms with Crippen LogP contribution in [0.3, 0.4) is 0 Å². The Hall–Kier alpha value is -2.81. The van der Waals surface area contributed by atoms with Gasteiger partial charge in [0.15, 0.2) is 5.65 Å². The third kappa shape index (κ3) is 4.21. The van der Waals surface area contributed by atoms with Crippen molar-refractivity contribution in [3.8, 4) is 11.3 Å². The number of aromatic nitrogens is 3. The summed E-state index contributed by atoms with van der Waals surface area (Å²) in [4.78, 5) is 27.4. The smallest absolute Gasteiger partial charge is 0.254 e. The van der Waals surface area contributed by atoms with Crippen molar-refractivity contribution in [1.82, 2.24) is 25.2 Å². The average Bonchev–Trinajstić information content (AvgIpc) is 3.26. The highest BCUT2D eigenvalue weighted by atomic mass is 16.5. The number of hydrogen-bond donors (Lipinski definition) is 3. The van der Waals surface area contributed by atoms with Crippen LogP contribution in [0, 0.1) is 0 Å². The molecule has 2 aliphatic rings. The van der Waals surface area contributed by atoms with Gasteiger partial charge in [-0.25, -0.2) is 9.97 Å². The molecule has 2 aliphatic heterocycles. The minimum Gasteiger partial charge on any atom is -0.381 e. The molecule has 8 nitrogen and oxygen atoms in total. The highest BCUT2D eigenvalue weighted by Crippen LogP contribution is 2.34. The minimum absolute atomic E-state index is 0.0369. The molecule has 1 fully saturated rings. The summed E-state index contributed by atoms with van der Waals surface area (Å²) in [5.41, 5.74) is 6.81. The SMILES string of the molecule is CC(C)c1c[nH]c2ncc(-c3cc4c(c([C@@H]5COCCN5)c3)CN(C(=O)C(C)(C)O)CC4)nc12. The Morgan fingerprint density at radius 3 is 2.85 bits per heavy atom. The molecule has 3 aromatic rings. The molecule has 3 N–H and O–H groups in total. The molecular weight excluding hydrogens is 430 g/mol. The first-order chi connectivity index (χ1) is 16.2. The van der Waals surface area contributed by atoms with Crippen LogP contribution in [0.25, 0.3) is 22.4 Å². The fourth-order valence-corrected chi connectivity index (χ4v) is 4.97. The molecule has 4 heterocycles. The highest BCUT2D eigenvalue weighted by molar-refractivity contribution is 5.84. The van der Waals surface area contributed by atoms with Crippen LogP contribution >= 0.6 is 0 Å². The molecule has 5 rings (SSSR count). The van der Waals surface area contributed by atoms with E-state index in [-0.39, 0.29) is 11.9 Å². The van der Waals surface area contributed by atoms with E-state index in [4.69, 9.17) is 9.72 Å². The van der Waals surface area contributed by atoms with Gasteiger partial charge in [0.25, 0.3) is 5.91 Å². The summed E-state index contributed by atoms with van der Waals surface area (Å²) in [5.74, 6) is 0.103. The molecule has 34 heavy (non-hydrogen) atoms. The van der Waals surface area contributed by atoms with Crippen LogP contribution in [0.1, 0.15) is 61.9 Å². The molecule has 180 valence electrons. The predicted octanol–water partition coefficient (Wildman–Crippen LogP) is 3.06. The second-order valence-electron chi connectivity index (χ2n) is 10.2. The first kappa shape index (κ1) is 23.0. The molecule has 0 unspecified atom stereocenters. The molecule has 0 aliphatic carbocycles. The Kier molecular flexibility index (Phi) is 5.91. The molecule has 8 heteroatoms. The number of benzene rings is 1. The van der Waals surface area contributed by atoms with Crippen LogP contribution in [0.2, 0.25) is 0 Å². The maximum atomic E-state index is 12.8. The Labute approximate surface area is 199 Å². The van der Waals surface area contributed by atoms with E-state index in [0.29, 0.717) is 32.2 Å². The van der Waals surface area contributed by atoms with E-state index in [1.54, 1.807) is 18.7 Å². The molecule has 1 saturated heterocycles.